The number of pyridine rings is 1. The molecule has 0 unspecified atom stereocenters. The number of alkyl carbamates (subject to hydrolysis) is 1. The van der Waals surface area contributed by atoms with E-state index in [-0.39, 0.29) is 6.54 Å². The number of rotatable bonds is 6. The van der Waals surface area contributed by atoms with Gasteiger partial charge in [-0.15, -0.1) is 0 Å². The molecule has 9 heteroatoms. The summed E-state index contributed by atoms with van der Waals surface area (Å²) in [5.74, 6) is 1.07. The molecule has 182 valence electrons. The SMILES string of the molecule is CC(C)(C)OC(=O)NCC=O.CCN(C)c1nccc2c(SN3CCN(C)CC3)cccc12. The molecule has 1 aromatic heterocycles. The highest BCUT2D eigenvalue weighted by molar-refractivity contribution is 7.97. The number of benzene rings is 1. The minimum atomic E-state index is -0.565. The van der Waals surface area contributed by atoms with Gasteiger partial charge in [0.2, 0.25) is 0 Å². The standard InChI is InChI=1S/C17H24N4S.C7H13NO3/c1-4-20(3)17-15-6-5-7-16(14(15)8-9-18-17)22-21-12-10-19(2)11-13-21;1-7(2,3)11-6(10)8-4-5-9/h5-9H,4,10-13H2,1-3H3;5H,4H2,1-3H3,(H,8,10). The van der Waals surface area contributed by atoms with E-state index < -0.39 is 11.7 Å². The topological polar surface area (TPSA) is 78.0 Å². The fourth-order valence-electron chi connectivity index (χ4n) is 3.15. The lowest BCUT2D eigenvalue weighted by Crippen LogP contribution is -2.40. The van der Waals surface area contributed by atoms with Crippen LogP contribution in [0.3, 0.4) is 0 Å². The molecule has 1 aliphatic rings. The summed E-state index contributed by atoms with van der Waals surface area (Å²) in [6.07, 6.45) is 1.96. The molecule has 0 bridgehead atoms. The van der Waals surface area contributed by atoms with E-state index in [4.69, 9.17) is 4.74 Å². The summed E-state index contributed by atoms with van der Waals surface area (Å²) in [4.78, 5) is 31.0. The van der Waals surface area contributed by atoms with Crippen LogP contribution in [0.1, 0.15) is 27.7 Å². The lowest BCUT2D eigenvalue weighted by atomic mass is 10.1. The molecule has 33 heavy (non-hydrogen) atoms. The number of likely N-dealkylation sites (N-methyl/N-ethyl adjacent to an activating group) is 1. The Balaban J connectivity index is 0.000000299. The molecule has 1 aromatic carbocycles. The number of hydrogen-bond donors (Lipinski definition) is 1. The molecular formula is C24H37N5O3S. The number of nitrogens with zero attached hydrogens (tertiary/aromatic N) is 4. The van der Waals surface area contributed by atoms with Gasteiger partial charge in [-0.1, -0.05) is 12.1 Å². The number of carbonyl (C=O) groups is 2. The van der Waals surface area contributed by atoms with Crippen LogP contribution >= 0.6 is 11.9 Å². The van der Waals surface area contributed by atoms with Gasteiger partial charge in [0.05, 0.1) is 6.54 Å². The Bertz CT molecular complexity index is 911. The predicted octanol–water partition coefficient (Wildman–Crippen LogP) is 3.66. The lowest BCUT2D eigenvalue weighted by molar-refractivity contribution is -0.107. The van der Waals surface area contributed by atoms with Crippen molar-refractivity contribution in [1.82, 2.24) is 19.5 Å². The number of ether oxygens (including phenoxy) is 1. The van der Waals surface area contributed by atoms with Crippen LogP contribution in [0.25, 0.3) is 10.8 Å². The molecule has 0 spiro atoms. The van der Waals surface area contributed by atoms with Crippen LogP contribution in [-0.4, -0.2) is 85.5 Å². The maximum absolute atomic E-state index is 10.7. The Kier molecular flexibility index (Phi) is 10.4. The first-order valence-corrected chi connectivity index (χ1v) is 12.0. The van der Waals surface area contributed by atoms with Gasteiger partial charge in [-0.25, -0.2) is 14.1 Å². The summed E-state index contributed by atoms with van der Waals surface area (Å²) in [7, 11) is 4.29. The predicted molar refractivity (Wildman–Crippen MR) is 136 cm³/mol. The number of piperazine rings is 1. The molecule has 1 aliphatic heterocycles. The van der Waals surface area contributed by atoms with Crippen LogP contribution < -0.4 is 10.2 Å². The van der Waals surface area contributed by atoms with Gasteiger partial charge in [0, 0.05) is 61.6 Å². The number of fused-ring (bicyclic) bond motifs is 1. The second-order valence-electron chi connectivity index (χ2n) is 8.87. The van der Waals surface area contributed by atoms with Crippen molar-refractivity contribution >= 4 is 40.9 Å². The molecule has 0 saturated carbocycles. The fourth-order valence-corrected chi connectivity index (χ4v) is 4.19. The molecule has 1 N–H and O–H groups in total. The van der Waals surface area contributed by atoms with Crippen molar-refractivity contribution in [1.29, 1.82) is 0 Å². The monoisotopic (exact) mass is 475 g/mol. The summed E-state index contributed by atoms with van der Waals surface area (Å²) in [5.41, 5.74) is -0.507. The zero-order valence-corrected chi connectivity index (χ0v) is 21.4. The average Bonchev–Trinajstić information content (AvgIpc) is 2.78. The van der Waals surface area contributed by atoms with Crippen molar-refractivity contribution in [2.45, 2.75) is 38.2 Å². The Morgan fingerprint density at radius 2 is 1.91 bits per heavy atom. The quantitative estimate of drug-likeness (QED) is 0.501. The van der Waals surface area contributed by atoms with Crippen molar-refractivity contribution in [3.8, 4) is 0 Å². The van der Waals surface area contributed by atoms with Crippen molar-refractivity contribution in [2.75, 3.05) is 58.3 Å². The molecule has 1 saturated heterocycles. The van der Waals surface area contributed by atoms with Gasteiger partial charge >= 0.3 is 6.09 Å². The number of amides is 1. The first-order valence-electron chi connectivity index (χ1n) is 11.3. The highest BCUT2D eigenvalue weighted by atomic mass is 32.2. The van der Waals surface area contributed by atoms with Gasteiger partial charge in [0.25, 0.3) is 0 Å². The number of carbonyl (C=O) groups excluding carboxylic acids is 2. The van der Waals surface area contributed by atoms with Crippen LogP contribution in [0, 0.1) is 0 Å². The molecule has 1 fully saturated rings. The number of aldehydes is 1. The van der Waals surface area contributed by atoms with Gasteiger partial charge in [-0.2, -0.15) is 0 Å². The fraction of sp³-hybridized carbons (Fsp3) is 0.542. The van der Waals surface area contributed by atoms with Gasteiger partial charge < -0.3 is 24.6 Å². The summed E-state index contributed by atoms with van der Waals surface area (Å²) in [5, 5.41) is 4.80. The summed E-state index contributed by atoms with van der Waals surface area (Å²) in [6.45, 7) is 12.9. The van der Waals surface area contributed by atoms with Gasteiger partial charge in [0.1, 0.15) is 17.7 Å². The van der Waals surface area contributed by atoms with E-state index in [1.165, 1.54) is 15.7 Å². The molecule has 0 atom stereocenters. The van der Waals surface area contributed by atoms with Crippen LogP contribution in [0.5, 0.6) is 0 Å². The van der Waals surface area contributed by atoms with Crippen molar-refractivity contribution in [3.63, 3.8) is 0 Å². The third-order valence-electron chi connectivity index (χ3n) is 5.00. The molecule has 1 amide bonds. The lowest BCUT2D eigenvalue weighted by Gasteiger charge is -2.31. The van der Waals surface area contributed by atoms with Crippen molar-refractivity contribution in [2.24, 2.45) is 0 Å². The molecule has 8 nitrogen and oxygen atoms in total. The van der Waals surface area contributed by atoms with Crippen LogP contribution in [0.4, 0.5) is 10.6 Å². The Labute approximate surface area is 201 Å². The third-order valence-corrected chi connectivity index (χ3v) is 6.18. The Morgan fingerprint density at radius 1 is 1.21 bits per heavy atom. The summed E-state index contributed by atoms with van der Waals surface area (Å²) in [6, 6.07) is 8.69. The summed E-state index contributed by atoms with van der Waals surface area (Å²) < 4.78 is 7.30. The number of nitrogens with one attached hydrogen (secondary N) is 1. The van der Waals surface area contributed by atoms with E-state index in [1.807, 2.05) is 18.1 Å². The zero-order chi connectivity index (χ0) is 24.4. The zero-order valence-electron chi connectivity index (χ0n) is 20.6. The van der Waals surface area contributed by atoms with E-state index in [0.29, 0.717) is 6.29 Å². The van der Waals surface area contributed by atoms with E-state index in [1.54, 1.807) is 20.8 Å². The molecule has 2 aromatic rings. The maximum atomic E-state index is 10.7. The molecule has 3 rings (SSSR count). The van der Waals surface area contributed by atoms with Crippen LogP contribution in [0.2, 0.25) is 0 Å². The highest BCUT2D eigenvalue weighted by Crippen LogP contribution is 2.33. The largest absolute Gasteiger partial charge is 0.444 e. The minimum Gasteiger partial charge on any atom is -0.444 e. The second-order valence-corrected chi connectivity index (χ2v) is 10.0. The number of anilines is 1. The first-order chi connectivity index (χ1) is 15.6. The van der Waals surface area contributed by atoms with E-state index in [9.17, 15) is 9.59 Å². The smallest absolute Gasteiger partial charge is 0.408 e. The minimum absolute atomic E-state index is 0.00505. The Morgan fingerprint density at radius 3 is 2.52 bits per heavy atom. The third kappa shape index (κ3) is 8.83. The van der Waals surface area contributed by atoms with Gasteiger partial charge in [0.15, 0.2) is 0 Å². The normalized spacial score (nSPS) is 14.8. The summed E-state index contributed by atoms with van der Waals surface area (Å²) >= 11 is 1.88. The number of aromatic nitrogens is 1. The molecular weight excluding hydrogens is 438 g/mol. The van der Waals surface area contributed by atoms with Gasteiger partial charge in [-0.3, -0.25) is 0 Å². The maximum Gasteiger partial charge on any atom is 0.408 e. The van der Waals surface area contributed by atoms with Crippen molar-refractivity contribution < 1.29 is 14.3 Å². The second kappa shape index (κ2) is 12.8. The van der Waals surface area contributed by atoms with Crippen LogP contribution in [-0.2, 0) is 9.53 Å². The van der Waals surface area contributed by atoms with E-state index >= 15 is 0 Å². The van der Waals surface area contributed by atoms with E-state index in [0.717, 1.165) is 38.5 Å². The highest BCUT2D eigenvalue weighted by Gasteiger charge is 2.17. The number of hydrogen-bond acceptors (Lipinski definition) is 8. The molecule has 2 heterocycles. The molecule has 0 radical (unpaired) electrons. The van der Waals surface area contributed by atoms with Crippen LogP contribution in [0.15, 0.2) is 35.4 Å². The van der Waals surface area contributed by atoms with E-state index in [2.05, 4.69) is 69.7 Å². The van der Waals surface area contributed by atoms with Gasteiger partial charge in [-0.05, 0) is 58.8 Å². The van der Waals surface area contributed by atoms with Crippen molar-refractivity contribution in [3.05, 3.63) is 30.5 Å². The Hall–Kier alpha value is -2.36. The first kappa shape index (κ1) is 26.9. The molecule has 0 aliphatic carbocycles. The average molecular weight is 476 g/mol.